The fourth-order valence-electron chi connectivity index (χ4n) is 4.92. The van der Waals surface area contributed by atoms with Crippen molar-refractivity contribution >= 4 is 17.6 Å². The maximum atomic E-state index is 13.0. The zero-order valence-electron chi connectivity index (χ0n) is 20.1. The van der Waals surface area contributed by atoms with Crippen LogP contribution in [0, 0.1) is 18.3 Å². The van der Waals surface area contributed by atoms with E-state index in [1.165, 1.54) is 0 Å². The Hall–Kier alpha value is -3.53. The first-order valence-electron chi connectivity index (χ1n) is 11.5. The van der Waals surface area contributed by atoms with Crippen molar-refractivity contribution in [1.29, 1.82) is 0 Å². The molecule has 3 N–H and O–H groups in total. The fourth-order valence-corrected chi connectivity index (χ4v) is 4.92. The molecule has 7 nitrogen and oxygen atoms in total. The molecule has 3 aromatic rings. The van der Waals surface area contributed by atoms with Crippen LogP contribution in [0.5, 0.6) is 0 Å². The van der Waals surface area contributed by atoms with Crippen LogP contribution < -0.4 is 5.32 Å². The van der Waals surface area contributed by atoms with Gasteiger partial charge in [0.1, 0.15) is 17.2 Å². The second-order valence-corrected chi connectivity index (χ2v) is 10.0. The quantitative estimate of drug-likeness (QED) is 0.412. The third-order valence-corrected chi connectivity index (χ3v) is 6.69. The minimum Gasteiger partial charge on any atom is -0.481 e. The summed E-state index contributed by atoms with van der Waals surface area (Å²) in [5, 5.41) is 23.6. The fraction of sp³-hybridized carbons (Fsp3) is 0.385. The van der Waals surface area contributed by atoms with Gasteiger partial charge in [-0.05, 0) is 73.6 Å². The summed E-state index contributed by atoms with van der Waals surface area (Å²) < 4.78 is 39.1. The Balaban J connectivity index is 1.57. The number of carboxylic acids is 1. The molecule has 0 spiro atoms. The van der Waals surface area contributed by atoms with Crippen molar-refractivity contribution < 1.29 is 28.2 Å². The van der Waals surface area contributed by atoms with E-state index in [4.69, 9.17) is 0 Å². The van der Waals surface area contributed by atoms with Crippen LogP contribution in [0.3, 0.4) is 0 Å². The van der Waals surface area contributed by atoms with Gasteiger partial charge >= 0.3 is 12.1 Å². The molecule has 0 bridgehead atoms. The van der Waals surface area contributed by atoms with E-state index in [1.54, 1.807) is 24.4 Å². The monoisotopic (exact) mass is 500 g/mol. The molecule has 1 aliphatic carbocycles. The molecule has 190 valence electrons. The highest BCUT2D eigenvalue weighted by Gasteiger charge is 2.48. The number of halogens is 3. The standard InChI is InChI=1S/C26H27F3N4O3/c1-15-10-19(32-22(11-15)33-21-12-17(7-9-30-21)26(27,28)29)16-4-5-20(31-13-16)25(36)8-6-18(23(34)35)24(2,3)14-25/h4-5,7,9-13,18,36H,6,8,14H2,1-3H3,(H,34,35)(H,30,32,33). The van der Waals surface area contributed by atoms with Gasteiger partial charge in [0.2, 0.25) is 0 Å². The number of aliphatic carboxylic acids is 1. The van der Waals surface area contributed by atoms with Crippen LogP contribution in [0.2, 0.25) is 0 Å². The van der Waals surface area contributed by atoms with E-state index in [1.807, 2.05) is 26.8 Å². The van der Waals surface area contributed by atoms with E-state index in [-0.39, 0.29) is 12.2 Å². The van der Waals surface area contributed by atoms with Crippen LogP contribution in [0.1, 0.15) is 49.9 Å². The van der Waals surface area contributed by atoms with Gasteiger partial charge in [0.25, 0.3) is 0 Å². The smallest absolute Gasteiger partial charge is 0.416 e. The SMILES string of the molecule is Cc1cc(Nc2cc(C(F)(F)F)ccn2)nc(-c2ccc(C3(O)CCC(C(=O)O)C(C)(C)C3)nc2)c1. The van der Waals surface area contributed by atoms with Crippen LogP contribution >= 0.6 is 0 Å². The predicted octanol–water partition coefficient (Wildman–Crippen LogP) is 5.71. The molecule has 2 unspecified atom stereocenters. The third-order valence-electron chi connectivity index (χ3n) is 6.69. The van der Waals surface area contributed by atoms with Crippen molar-refractivity contribution in [1.82, 2.24) is 15.0 Å². The minimum absolute atomic E-state index is 0.0177. The van der Waals surface area contributed by atoms with Crippen molar-refractivity contribution in [2.24, 2.45) is 11.3 Å². The van der Waals surface area contributed by atoms with E-state index in [0.717, 1.165) is 23.9 Å². The Morgan fingerprint density at radius 1 is 1.11 bits per heavy atom. The van der Waals surface area contributed by atoms with Gasteiger partial charge in [-0.15, -0.1) is 0 Å². The minimum atomic E-state index is -4.48. The first-order valence-corrected chi connectivity index (χ1v) is 11.5. The van der Waals surface area contributed by atoms with E-state index < -0.39 is 34.6 Å². The number of aromatic nitrogens is 3. The number of aryl methyl sites for hydroxylation is 1. The Kier molecular flexibility index (Phi) is 6.51. The van der Waals surface area contributed by atoms with Crippen LogP contribution in [0.15, 0.2) is 48.8 Å². The Morgan fingerprint density at radius 3 is 2.47 bits per heavy atom. The molecule has 2 atom stereocenters. The molecular weight excluding hydrogens is 473 g/mol. The molecule has 1 saturated carbocycles. The second kappa shape index (κ2) is 9.16. The number of hydrogen-bond acceptors (Lipinski definition) is 6. The lowest BCUT2D eigenvalue weighted by Crippen LogP contribution is -2.45. The van der Waals surface area contributed by atoms with Crippen LogP contribution in [0.4, 0.5) is 24.8 Å². The summed E-state index contributed by atoms with van der Waals surface area (Å²) in [6.45, 7) is 5.52. The van der Waals surface area contributed by atoms with Crippen molar-refractivity contribution in [3.05, 3.63) is 65.6 Å². The topological polar surface area (TPSA) is 108 Å². The predicted molar refractivity (Wildman–Crippen MR) is 127 cm³/mol. The molecule has 0 saturated heterocycles. The number of anilines is 2. The van der Waals surface area contributed by atoms with Gasteiger partial charge < -0.3 is 15.5 Å². The van der Waals surface area contributed by atoms with Crippen LogP contribution in [0.25, 0.3) is 11.3 Å². The van der Waals surface area contributed by atoms with Crippen molar-refractivity contribution in [3.63, 3.8) is 0 Å². The number of carbonyl (C=O) groups is 1. The largest absolute Gasteiger partial charge is 0.481 e. The molecule has 3 heterocycles. The van der Waals surface area contributed by atoms with E-state index in [2.05, 4.69) is 20.3 Å². The lowest BCUT2D eigenvalue weighted by Gasteiger charge is -2.44. The Labute approximate surface area is 206 Å². The summed E-state index contributed by atoms with van der Waals surface area (Å²) in [4.78, 5) is 24.5. The number of alkyl halides is 3. The molecule has 3 aromatic heterocycles. The van der Waals surface area contributed by atoms with Gasteiger partial charge in [0.15, 0.2) is 0 Å². The highest BCUT2D eigenvalue weighted by atomic mass is 19.4. The number of carboxylic acid groups (broad SMARTS) is 1. The summed E-state index contributed by atoms with van der Waals surface area (Å²) in [6.07, 6.45) is -0.910. The lowest BCUT2D eigenvalue weighted by atomic mass is 9.62. The molecule has 10 heteroatoms. The van der Waals surface area contributed by atoms with Crippen molar-refractivity contribution in [2.45, 2.75) is 51.8 Å². The number of pyridine rings is 3. The number of aliphatic hydroxyl groups is 1. The highest BCUT2D eigenvalue weighted by molar-refractivity contribution is 5.71. The zero-order chi connectivity index (χ0) is 26.3. The Morgan fingerprint density at radius 2 is 1.86 bits per heavy atom. The van der Waals surface area contributed by atoms with E-state index >= 15 is 0 Å². The maximum Gasteiger partial charge on any atom is 0.416 e. The van der Waals surface area contributed by atoms with E-state index in [0.29, 0.717) is 35.6 Å². The van der Waals surface area contributed by atoms with E-state index in [9.17, 15) is 28.2 Å². The summed E-state index contributed by atoms with van der Waals surface area (Å²) in [7, 11) is 0. The molecule has 0 aliphatic heterocycles. The van der Waals surface area contributed by atoms with Crippen LogP contribution in [-0.2, 0) is 16.6 Å². The van der Waals surface area contributed by atoms with Gasteiger partial charge in [-0.25, -0.2) is 9.97 Å². The van der Waals surface area contributed by atoms with Gasteiger partial charge in [0.05, 0.1) is 22.9 Å². The van der Waals surface area contributed by atoms with Gasteiger partial charge in [0, 0.05) is 18.0 Å². The van der Waals surface area contributed by atoms with Gasteiger partial charge in [-0.2, -0.15) is 13.2 Å². The molecule has 36 heavy (non-hydrogen) atoms. The van der Waals surface area contributed by atoms with Gasteiger partial charge in [-0.3, -0.25) is 9.78 Å². The lowest BCUT2D eigenvalue weighted by molar-refractivity contribution is -0.154. The number of nitrogens with one attached hydrogen (secondary N) is 1. The summed E-state index contributed by atoms with van der Waals surface area (Å²) in [5.41, 5.74) is -0.167. The zero-order valence-corrected chi connectivity index (χ0v) is 20.1. The molecular formula is C26H27F3N4O3. The van der Waals surface area contributed by atoms with Crippen LogP contribution in [-0.4, -0.2) is 31.1 Å². The summed E-state index contributed by atoms with van der Waals surface area (Å²) in [5.74, 6) is -1.05. The summed E-state index contributed by atoms with van der Waals surface area (Å²) >= 11 is 0. The third kappa shape index (κ3) is 5.33. The second-order valence-electron chi connectivity index (χ2n) is 10.0. The van der Waals surface area contributed by atoms with Crippen molar-refractivity contribution in [3.8, 4) is 11.3 Å². The number of hydrogen-bond donors (Lipinski definition) is 3. The molecule has 0 radical (unpaired) electrons. The maximum absolute atomic E-state index is 13.0. The molecule has 1 fully saturated rings. The Bertz CT molecular complexity index is 1280. The number of rotatable bonds is 5. The molecule has 4 rings (SSSR count). The normalized spacial score (nSPS) is 21.7. The first kappa shape index (κ1) is 25.6. The molecule has 0 amide bonds. The molecule has 0 aromatic carbocycles. The number of nitrogens with zero attached hydrogens (tertiary/aromatic N) is 3. The van der Waals surface area contributed by atoms with Gasteiger partial charge in [-0.1, -0.05) is 13.8 Å². The highest BCUT2D eigenvalue weighted by Crippen LogP contribution is 2.49. The summed E-state index contributed by atoms with van der Waals surface area (Å²) in [6, 6.07) is 8.80. The molecule has 1 aliphatic rings. The first-order chi connectivity index (χ1) is 16.8. The average Bonchev–Trinajstić information content (AvgIpc) is 2.77. The average molecular weight is 501 g/mol. The van der Waals surface area contributed by atoms with Crippen molar-refractivity contribution in [2.75, 3.05) is 5.32 Å².